The molecule has 34 heavy (non-hydrogen) atoms. The van der Waals surface area contributed by atoms with Crippen molar-refractivity contribution in [1.82, 2.24) is 4.90 Å². The van der Waals surface area contributed by atoms with E-state index in [9.17, 15) is 13.2 Å². The number of aryl methyl sites for hydroxylation is 1. The number of hydrogen-bond acceptors (Lipinski definition) is 6. The average Bonchev–Trinajstić information content (AvgIpc) is 3.45. The number of carbonyl (C=O) groups excluding carboxylic acids is 1. The van der Waals surface area contributed by atoms with E-state index in [1.54, 1.807) is 25.2 Å². The Morgan fingerprint density at radius 3 is 2.41 bits per heavy atom. The molecule has 4 rings (SSSR count). The summed E-state index contributed by atoms with van der Waals surface area (Å²) in [6, 6.07) is 17.2. The Balaban J connectivity index is 1.70. The summed E-state index contributed by atoms with van der Waals surface area (Å²) in [5, 5.41) is 0. The minimum atomic E-state index is -3.16. The highest BCUT2D eigenvalue weighted by Crippen LogP contribution is 2.35. The minimum absolute atomic E-state index is 0.0103. The number of thiophene rings is 1. The van der Waals surface area contributed by atoms with Crippen LogP contribution >= 0.6 is 11.3 Å². The molecule has 3 aromatic rings. The van der Waals surface area contributed by atoms with E-state index < -0.39 is 9.84 Å². The highest BCUT2D eigenvalue weighted by atomic mass is 32.2. The van der Waals surface area contributed by atoms with Gasteiger partial charge in [0.05, 0.1) is 30.6 Å². The van der Waals surface area contributed by atoms with Crippen LogP contribution < -0.4 is 9.47 Å². The predicted octanol–water partition coefficient (Wildman–Crippen LogP) is 4.82. The molecule has 0 bridgehead atoms. The highest BCUT2D eigenvalue weighted by molar-refractivity contribution is 7.91. The molecule has 8 heteroatoms. The first-order valence-corrected chi connectivity index (χ1v) is 13.9. The van der Waals surface area contributed by atoms with Gasteiger partial charge in [-0.3, -0.25) is 4.79 Å². The predicted molar refractivity (Wildman–Crippen MR) is 136 cm³/mol. The zero-order chi connectivity index (χ0) is 24.3. The Labute approximate surface area is 205 Å². The molecule has 0 saturated carbocycles. The zero-order valence-corrected chi connectivity index (χ0v) is 21.2. The van der Waals surface area contributed by atoms with E-state index in [4.69, 9.17) is 9.47 Å². The van der Waals surface area contributed by atoms with Crippen molar-refractivity contribution in [1.29, 1.82) is 0 Å². The third-order valence-corrected chi connectivity index (χ3v) is 9.11. The number of carbonyl (C=O) groups is 1. The molecule has 1 aliphatic rings. The summed E-state index contributed by atoms with van der Waals surface area (Å²) >= 11 is 1.47. The van der Waals surface area contributed by atoms with Crippen molar-refractivity contribution in [2.45, 2.75) is 32.4 Å². The second-order valence-corrected chi connectivity index (χ2v) is 11.6. The minimum Gasteiger partial charge on any atom is -0.493 e. The third kappa shape index (κ3) is 5.13. The van der Waals surface area contributed by atoms with Crippen molar-refractivity contribution in [2.24, 2.45) is 0 Å². The molecule has 180 valence electrons. The molecule has 6 nitrogen and oxygen atoms in total. The molecular formula is C26H29NO5S2. The number of nitrogens with zero attached hydrogens (tertiary/aromatic N) is 1. The Morgan fingerprint density at radius 2 is 1.79 bits per heavy atom. The van der Waals surface area contributed by atoms with Crippen molar-refractivity contribution in [2.75, 3.05) is 25.7 Å². The van der Waals surface area contributed by atoms with Crippen LogP contribution in [0.5, 0.6) is 11.5 Å². The maximum Gasteiger partial charge on any atom is 0.264 e. The van der Waals surface area contributed by atoms with Gasteiger partial charge in [-0.1, -0.05) is 43.3 Å². The number of amides is 1. The number of methoxy groups -OCH3 is 2. The Hall–Kier alpha value is -2.84. The van der Waals surface area contributed by atoms with Crippen LogP contribution in [0.3, 0.4) is 0 Å². The van der Waals surface area contributed by atoms with Gasteiger partial charge in [0, 0.05) is 17.5 Å². The second kappa shape index (κ2) is 10.2. The van der Waals surface area contributed by atoms with Gasteiger partial charge in [0.1, 0.15) is 0 Å². The third-order valence-electron chi connectivity index (χ3n) is 6.15. The summed E-state index contributed by atoms with van der Waals surface area (Å²) in [6.07, 6.45) is 1.25. The topological polar surface area (TPSA) is 72.9 Å². The zero-order valence-electron chi connectivity index (χ0n) is 19.6. The van der Waals surface area contributed by atoms with Crippen molar-refractivity contribution in [3.05, 3.63) is 70.6 Å². The van der Waals surface area contributed by atoms with Gasteiger partial charge in [0.15, 0.2) is 21.3 Å². The van der Waals surface area contributed by atoms with Crippen LogP contribution in [0.15, 0.2) is 54.6 Å². The molecule has 0 spiro atoms. The van der Waals surface area contributed by atoms with Gasteiger partial charge in [-0.15, -0.1) is 11.3 Å². The van der Waals surface area contributed by atoms with Gasteiger partial charge in [0.2, 0.25) is 0 Å². The molecule has 2 aromatic carbocycles. The Morgan fingerprint density at radius 1 is 1.06 bits per heavy atom. The molecule has 1 aliphatic heterocycles. The molecule has 1 aromatic heterocycles. The summed E-state index contributed by atoms with van der Waals surface area (Å²) in [7, 11) is -0.0186. The fourth-order valence-corrected chi connectivity index (χ4v) is 7.28. The lowest BCUT2D eigenvalue weighted by Crippen LogP contribution is -2.40. The molecule has 0 aliphatic carbocycles. The van der Waals surface area contributed by atoms with Crippen molar-refractivity contribution in [3.8, 4) is 21.9 Å². The van der Waals surface area contributed by atoms with Gasteiger partial charge in [-0.25, -0.2) is 8.42 Å². The second-order valence-electron chi connectivity index (χ2n) is 8.36. The molecular weight excluding hydrogens is 470 g/mol. The van der Waals surface area contributed by atoms with Crippen molar-refractivity contribution < 1.29 is 22.7 Å². The van der Waals surface area contributed by atoms with E-state index in [0.717, 1.165) is 28.0 Å². The fraction of sp³-hybridized carbons (Fsp3) is 0.346. The average molecular weight is 500 g/mol. The summed E-state index contributed by atoms with van der Waals surface area (Å²) in [5.74, 6) is 1.13. The first-order valence-electron chi connectivity index (χ1n) is 11.3. The number of hydrogen-bond donors (Lipinski definition) is 0. The molecule has 1 atom stereocenters. The monoisotopic (exact) mass is 499 g/mol. The van der Waals surface area contributed by atoms with Crippen LogP contribution in [0, 0.1) is 0 Å². The summed E-state index contributed by atoms with van der Waals surface area (Å²) < 4.78 is 35.3. The molecule has 2 heterocycles. The number of rotatable bonds is 8. The van der Waals surface area contributed by atoms with E-state index in [1.165, 1.54) is 11.3 Å². The lowest BCUT2D eigenvalue weighted by Gasteiger charge is -2.28. The number of ether oxygens (including phenoxy) is 2. The van der Waals surface area contributed by atoms with E-state index in [0.29, 0.717) is 29.3 Å². The van der Waals surface area contributed by atoms with Gasteiger partial charge >= 0.3 is 0 Å². The van der Waals surface area contributed by atoms with Gasteiger partial charge < -0.3 is 14.4 Å². The van der Waals surface area contributed by atoms with Crippen LogP contribution in [0.1, 0.15) is 34.1 Å². The molecule has 1 saturated heterocycles. The van der Waals surface area contributed by atoms with Crippen LogP contribution in [-0.2, 0) is 22.8 Å². The SMILES string of the molecule is CCc1cc(C(=O)N(Cc2ccc(OC)c(OC)c2)[C@H]2CCS(=O)(=O)C2)sc1-c1ccccc1. The first kappa shape index (κ1) is 24.3. The van der Waals surface area contributed by atoms with Crippen LogP contribution in [0.2, 0.25) is 0 Å². The molecule has 1 fully saturated rings. The summed E-state index contributed by atoms with van der Waals surface area (Å²) in [6.45, 7) is 2.37. The van der Waals surface area contributed by atoms with Crippen LogP contribution in [-0.4, -0.2) is 51.0 Å². The van der Waals surface area contributed by atoms with Crippen LogP contribution in [0.25, 0.3) is 10.4 Å². The molecule has 0 N–H and O–H groups in total. The lowest BCUT2D eigenvalue weighted by molar-refractivity contribution is 0.0685. The largest absolute Gasteiger partial charge is 0.493 e. The van der Waals surface area contributed by atoms with E-state index in [2.05, 4.69) is 6.92 Å². The fourth-order valence-electron chi connectivity index (χ4n) is 4.34. The van der Waals surface area contributed by atoms with E-state index in [1.807, 2.05) is 48.5 Å². The van der Waals surface area contributed by atoms with Gasteiger partial charge in [-0.2, -0.15) is 0 Å². The Bertz CT molecular complexity index is 1270. The van der Waals surface area contributed by atoms with Gasteiger partial charge in [-0.05, 0) is 47.7 Å². The van der Waals surface area contributed by atoms with Crippen molar-refractivity contribution >= 4 is 27.1 Å². The Kier molecular flexibility index (Phi) is 7.28. The summed E-state index contributed by atoms with van der Waals surface area (Å²) in [4.78, 5) is 17.2. The molecule has 0 radical (unpaired) electrons. The molecule has 0 unspecified atom stereocenters. The molecule has 1 amide bonds. The standard InChI is InChI=1S/C26H29NO5S2/c1-4-19-15-24(33-25(19)20-8-6-5-7-9-20)26(28)27(21-12-13-34(29,30)17-21)16-18-10-11-22(31-2)23(14-18)32-3/h5-11,14-15,21H,4,12-13,16-17H2,1-3H3/t21-/m0/s1. The van der Waals surface area contributed by atoms with E-state index >= 15 is 0 Å². The van der Waals surface area contributed by atoms with Crippen molar-refractivity contribution in [3.63, 3.8) is 0 Å². The first-order chi connectivity index (χ1) is 16.3. The normalized spacial score (nSPS) is 16.9. The summed E-state index contributed by atoms with van der Waals surface area (Å²) in [5.41, 5.74) is 3.05. The van der Waals surface area contributed by atoms with E-state index in [-0.39, 0.29) is 23.5 Å². The maximum absolute atomic E-state index is 13.8. The quantitative estimate of drug-likeness (QED) is 0.444. The number of benzene rings is 2. The highest BCUT2D eigenvalue weighted by Gasteiger charge is 2.36. The lowest BCUT2D eigenvalue weighted by atomic mass is 10.1. The van der Waals surface area contributed by atoms with Gasteiger partial charge in [0.25, 0.3) is 5.91 Å². The number of sulfone groups is 1. The smallest absolute Gasteiger partial charge is 0.264 e. The maximum atomic E-state index is 13.8. The van der Waals surface area contributed by atoms with Crippen LogP contribution in [0.4, 0.5) is 0 Å².